The van der Waals surface area contributed by atoms with Crippen LogP contribution in [0, 0.1) is 11.6 Å². The van der Waals surface area contributed by atoms with Gasteiger partial charge in [-0.3, -0.25) is 10.1 Å². The quantitative estimate of drug-likeness (QED) is 0.206. The fraction of sp³-hybridized carbons (Fsp3) is 0.194. The molecule has 2 amide bonds. The topological polar surface area (TPSA) is 144 Å². The molecule has 222 valence electrons. The third-order valence-corrected chi connectivity index (χ3v) is 5.83. The van der Waals surface area contributed by atoms with E-state index in [9.17, 15) is 23.9 Å². The Bertz CT molecular complexity index is 1640. The Balaban J connectivity index is 1.40. The summed E-state index contributed by atoms with van der Waals surface area (Å²) < 4.78 is 38.6. The summed E-state index contributed by atoms with van der Waals surface area (Å²) in [6.45, 7) is 5.26. The molecule has 0 aliphatic heterocycles. The van der Waals surface area contributed by atoms with Crippen LogP contribution in [0.4, 0.5) is 19.3 Å². The zero-order chi connectivity index (χ0) is 31.1. The van der Waals surface area contributed by atoms with E-state index in [1.165, 1.54) is 42.5 Å². The number of carbonyl (C=O) groups is 3. The van der Waals surface area contributed by atoms with E-state index in [1.807, 2.05) is 0 Å². The predicted molar refractivity (Wildman–Crippen MR) is 154 cm³/mol. The van der Waals surface area contributed by atoms with Crippen molar-refractivity contribution < 1.29 is 37.5 Å². The van der Waals surface area contributed by atoms with Crippen LogP contribution in [0.1, 0.15) is 31.9 Å². The molecule has 0 aliphatic rings. The van der Waals surface area contributed by atoms with E-state index in [-0.39, 0.29) is 23.7 Å². The van der Waals surface area contributed by atoms with Crippen molar-refractivity contribution in [3.8, 4) is 22.8 Å². The van der Waals surface area contributed by atoms with E-state index in [2.05, 4.69) is 20.8 Å². The number of carboxylic acids is 1. The summed E-state index contributed by atoms with van der Waals surface area (Å²) in [5.74, 6) is -3.03. The van der Waals surface area contributed by atoms with Crippen LogP contribution in [-0.4, -0.2) is 44.9 Å². The van der Waals surface area contributed by atoms with Gasteiger partial charge in [0.2, 0.25) is 11.7 Å². The second-order valence-corrected chi connectivity index (χ2v) is 10.4. The second-order valence-electron chi connectivity index (χ2n) is 10.4. The number of aliphatic carboxylic acids is 1. The zero-order valence-corrected chi connectivity index (χ0v) is 23.4. The lowest BCUT2D eigenvalue weighted by molar-refractivity contribution is -0.141. The monoisotopic (exact) mass is 590 g/mol. The molecule has 0 bridgehead atoms. The van der Waals surface area contributed by atoms with Gasteiger partial charge in [0.25, 0.3) is 5.89 Å². The molecule has 0 aliphatic carbocycles. The number of ether oxygens (including phenoxy) is 1. The van der Waals surface area contributed by atoms with Gasteiger partial charge < -0.3 is 19.7 Å². The van der Waals surface area contributed by atoms with Crippen molar-refractivity contribution >= 4 is 29.7 Å². The molecule has 0 fully saturated rings. The number of hydrogen-bond acceptors (Lipinski definition) is 7. The normalized spacial score (nSPS) is 12.1. The van der Waals surface area contributed by atoms with Crippen molar-refractivity contribution in [2.45, 2.75) is 38.8 Å². The van der Waals surface area contributed by atoms with Gasteiger partial charge in [0, 0.05) is 23.7 Å². The van der Waals surface area contributed by atoms with Crippen molar-refractivity contribution in [2.24, 2.45) is 0 Å². The number of benzene rings is 3. The first-order valence-corrected chi connectivity index (χ1v) is 13.1. The summed E-state index contributed by atoms with van der Waals surface area (Å²) in [5, 5.41) is 18.4. The molecule has 43 heavy (non-hydrogen) atoms. The van der Waals surface area contributed by atoms with Gasteiger partial charge in [-0.2, -0.15) is 4.98 Å². The Hall–Kier alpha value is -5.39. The highest BCUT2D eigenvalue weighted by atomic mass is 19.1. The number of anilines is 1. The van der Waals surface area contributed by atoms with Gasteiger partial charge >= 0.3 is 12.1 Å². The van der Waals surface area contributed by atoms with Crippen LogP contribution in [-0.2, 0) is 20.7 Å². The van der Waals surface area contributed by atoms with E-state index < -0.39 is 41.2 Å². The molecule has 0 saturated carbocycles. The Morgan fingerprint density at radius 3 is 2.35 bits per heavy atom. The number of hydrogen-bond donors (Lipinski definition) is 3. The summed E-state index contributed by atoms with van der Waals surface area (Å²) in [6, 6.07) is 14.6. The summed E-state index contributed by atoms with van der Waals surface area (Å²) in [6.07, 6.45) is 1.75. The Morgan fingerprint density at radius 1 is 1.02 bits per heavy atom. The SMILES string of the molecule is CC(C)(C)OC(=O)Nc1ccc(-c2nc(-c3ccc(CC(NC(=O)/C=C/c4ccc(F)cc4)C(=O)O)cc3F)no2)cc1. The van der Waals surface area contributed by atoms with Crippen LogP contribution >= 0.6 is 0 Å². The minimum absolute atomic E-state index is 0.0241. The maximum atomic E-state index is 15.0. The third kappa shape index (κ3) is 8.80. The van der Waals surface area contributed by atoms with Gasteiger partial charge in [-0.05, 0) is 86.5 Å². The smallest absolute Gasteiger partial charge is 0.412 e. The highest BCUT2D eigenvalue weighted by molar-refractivity contribution is 5.94. The molecule has 3 N–H and O–H groups in total. The molecular weight excluding hydrogens is 562 g/mol. The molecule has 1 atom stereocenters. The number of carboxylic acid groups (broad SMARTS) is 1. The molecule has 0 radical (unpaired) electrons. The minimum Gasteiger partial charge on any atom is -0.480 e. The number of aromatic nitrogens is 2. The molecule has 12 heteroatoms. The Labute approximate surface area is 245 Å². The van der Waals surface area contributed by atoms with E-state index in [0.29, 0.717) is 22.4 Å². The molecular formula is C31H28F2N4O6. The minimum atomic E-state index is -1.33. The lowest BCUT2D eigenvalue weighted by Gasteiger charge is -2.19. The average Bonchev–Trinajstić information content (AvgIpc) is 3.42. The van der Waals surface area contributed by atoms with Crippen LogP contribution in [0.3, 0.4) is 0 Å². The predicted octanol–water partition coefficient (Wildman–Crippen LogP) is 5.85. The highest BCUT2D eigenvalue weighted by Crippen LogP contribution is 2.26. The lowest BCUT2D eigenvalue weighted by atomic mass is 10.0. The van der Waals surface area contributed by atoms with E-state index in [1.54, 1.807) is 45.0 Å². The first kappa shape index (κ1) is 30.6. The van der Waals surface area contributed by atoms with E-state index in [0.717, 1.165) is 12.1 Å². The first-order valence-electron chi connectivity index (χ1n) is 13.1. The molecule has 4 rings (SSSR count). The van der Waals surface area contributed by atoms with Crippen molar-refractivity contribution in [3.63, 3.8) is 0 Å². The van der Waals surface area contributed by atoms with Crippen LogP contribution in [0.5, 0.6) is 0 Å². The molecule has 3 aromatic carbocycles. The summed E-state index contributed by atoms with van der Waals surface area (Å²) in [7, 11) is 0. The largest absolute Gasteiger partial charge is 0.480 e. The molecule has 0 spiro atoms. The zero-order valence-electron chi connectivity index (χ0n) is 23.4. The first-order chi connectivity index (χ1) is 20.4. The summed E-state index contributed by atoms with van der Waals surface area (Å²) in [5.41, 5.74) is 1.26. The van der Waals surface area contributed by atoms with Gasteiger partial charge in [0.1, 0.15) is 23.3 Å². The Morgan fingerprint density at radius 2 is 1.72 bits per heavy atom. The molecule has 1 heterocycles. The van der Waals surface area contributed by atoms with Crippen molar-refractivity contribution in [1.29, 1.82) is 0 Å². The third-order valence-electron chi connectivity index (χ3n) is 5.83. The van der Waals surface area contributed by atoms with Crippen LogP contribution in [0.15, 0.2) is 77.3 Å². The number of amides is 2. The second kappa shape index (κ2) is 13.1. The maximum absolute atomic E-state index is 15.0. The highest BCUT2D eigenvalue weighted by Gasteiger charge is 2.22. The standard InChI is InChI=1S/C31H28F2N4O6/c1-31(2,3)42-30(41)34-22-12-8-20(9-13-22)28-36-27(37-43-28)23-14-6-19(16-24(23)33)17-25(29(39)40)35-26(38)15-7-18-4-10-21(32)11-5-18/h4-16,25H,17H2,1-3H3,(H,34,41)(H,35,38)(H,39,40)/b15-7+. The van der Waals surface area contributed by atoms with Crippen molar-refractivity contribution in [2.75, 3.05) is 5.32 Å². The van der Waals surface area contributed by atoms with Gasteiger partial charge in [0.05, 0.1) is 5.56 Å². The molecule has 10 nitrogen and oxygen atoms in total. The van der Waals surface area contributed by atoms with Gasteiger partial charge in [0.15, 0.2) is 0 Å². The number of halogens is 2. The number of carbonyl (C=O) groups excluding carboxylic acids is 2. The van der Waals surface area contributed by atoms with E-state index >= 15 is 4.39 Å². The number of nitrogens with one attached hydrogen (secondary N) is 2. The van der Waals surface area contributed by atoms with Crippen molar-refractivity contribution in [1.82, 2.24) is 15.5 Å². The molecule has 1 aromatic heterocycles. The number of rotatable bonds is 9. The Kier molecular flexibility index (Phi) is 9.29. The van der Waals surface area contributed by atoms with Crippen LogP contribution in [0.25, 0.3) is 28.9 Å². The van der Waals surface area contributed by atoms with Crippen molar-refractivity contribution in [3.05, 3.63) is 95.6 Å². The fourth-order valence-corrected chi connectivity index (χ4v) is 3.84. The van der Waals surface area contributed by atoms with Gasteiger partial charge in [-0.1, -0.05) is 23.4 Å². The van der Waals surface area contributed by atoms with E-state index in [4.69, 9.17) is 9.26 Å². The lowest BCUT2D eigenvalue weighted by Crippen LogP contribution is -2.41. The molecule has 4 aromatic rings. The summed E-state index contributed by atoms with van der Waals surface area (Å²) in [4.78, 5) is 40.2. The molecule has 1 unspecified atom stereocenters. The maximum Gasteiger partial charge on any atom is 0.412 e. The molecule has 0 saturated heterocycles. The van der Waals surface area contributed by atoms with Gasteiger partial charge in [-0.25, -0.2) is 18.4 Å². The number of nitrogens with zero attached hydrogens (tertiary/aromatic N) is 2. The average molecular weight is 591 g/mol. The van der Waals surface area contributed by atoms with Crippen LogP contribution < -0.4 is 10.6 Å². The van der Waals surface area contributed by atoms with Gasteiger partial charge in [-0.15, -0.1) is 0 Å². The van der Waals surface area contributed by atoms with Crippen LogP contribution in [0.2, 0.25) is 0 Å². The summed E-state index contributed by atoms with van der Waals surface area (Å²) >= 11 is 0. The fourth-order valence-electron chi connectivity index (χ4n) is 3.84.